The average Bonchev–Trinajstić information content (AvgIpc) is 3.12. The number of methoxy groups -OCH3 is 1. The largest absolute Gasteiger partial charge is 0.495 e. The van der Waals surface area contributed by atoms with E-state index in [1.165, 1.54) is 0 Å². The van der Waals surface area contributed by atoms with Gasteiger partial charge in [0.15, 0.2) is 0 Å². The second kappa shape index (κ2) is 21.1. The highest BCUT2D eigenvalue weighted by Gasteiger charge is 2.21. The van der Waals surface area contributed by atoms with Gasteiger partial charge < -0.3 is 14.5 Å². The fourth-order valence-corrected chi connectivity index (χ4v) is 3.25. The third-order valence-electron chi connectivity index (χ3n) is 4.86. The number of anilines is 1. The van der Waals surface area contributed by atoms with Crippen LogP contribution in [0.1, 0.15) is 61.3 Å². The number of likely N-dealkylation sites (N-methyl/N-ethyl adjacent to an activating group) is 1. The topological polar surface area (TPSA) is 48.4 Å². The van der Waals surface area contributed by atoms with Crippen molar-refractivity contribution >= 4 is 28.9 Å². The summed E-state index contributed by atoms with van der Waals surface area (Å²) in [6.45, 7) is 14.7. The molecule has 0 atom stereocenters. The lowest BCUT2D eigenvalue weighted by Gasteiger charge is -2.26. The Bertz CT molecular complexity index is 721. The van der Waals surface area contributed by atoms with E-state index >= 15 is 0 Å². The van der Waals surface area contributed by atoms with Gasteiger partial charge in [0.05, 0.1) is 12.1 Å². The van der Waals surface area contributed by atoms with Gasteiger partial charge in [0.1, 0.15) is 12.3 Å². The molecule has 1 saturated heterocycles. The van der Waals surface area contributed by atoms with E-state index in [4.69, 9.17) is 16.3 Å². The van der Waals surface area contributed by atoms with Crippen LogP contribution < -0.4 is 9.64 Å². The molecule has 1 aromatic carbocycles. The predicted octanol–water partition coefficient (Wildman–Crippen LogP) is 6.73. The Morgan fingerprint density at radius 1 is 1.11 bits per heavy atom. The van der Waals surface area contributed by atoms with Gasteiger partial charge in [0, 0.05) is 50.2 Å². The number of carbonyl (C=O) groups is 1. The molecule has 1 aromatic rings. The Morgan fingerprint density at radius 3 is 2.23 bits per heavy atom. The van der Waals surface area contributed by atoms with Crippen LogP contribution in [-0.2, 0) is 4.79 Å². The first kappa shape index (κ1) is 35.0. The van der Waals surface area contributed by atoms with Crippen LogP contribution in [0.4, 0.5) is 18.9 Å². The molecule has 1 amide bonds. The number of carbonyl (C=O) groups excluding carboxylic acids is 1. The van der Waals surface area contributed by atoms with E-state index in [0.29, 0.717) is 23.9 Å². The predicted molar refractivity (Wildman–Crippen MR) is 142 cm³/mol. The van der Waals surface area contributed by atoms with Crippen LogP contribution in [0, 0.1) is 0 Å². The van der Waals surface area contributed by atoms with Gasteiger partial charge >= 0.3 is 6.68 Å². The van der Waals surface area contributed by atoms with E-state index in [1.807, 2.05) is 69.7 Å². The zero-order valence-corrected chi connectivity index (χ0v) is 23.3. The van der Waals surface area contributed by atoms with E-state index in [1.54, 1.807) is 7.11 Å². The van der Waals surface area contributed by atoms with Crippen LogP contribution in [0.2, 0.25) is 5.02 Å². The summed E-state index contributed by atoms with van der Waals surface area (Å²) in [5, 5.41) is 6.99. The third kappa shape index (κ3) is 14.8. The van der Waals surface area contributed by atoms with E-state index in [0.717, 1.165) is 50.4 Å². The summed E-state index contributed by atoms with van der Waals surface area (Å²) in [6.07, 6.45) is 1.83. The summed E-state index contributed by atoms with van der Waals surface area (Å²) in [6, 6.07) is 5.82. The van der Waals surface area contributed by atoms with Crippen LogP contribution in [0.5, 0.6) is 5.75 Å². The molecule has 35 heavy (non-hydrogen) atoms. The van der Waals surface area contributed by atoms with Gasteiger partial charge in [-0.25, -0.2) is 0 Å². The number of alkyl halides is 3. The highest BCUT2D eigenvalue weighted by Crippen LogP contribution is 2.29. The van der Waals surface area contributed by atoms with Crippen molar-refractivity contribution in [2.24, 2.45) is 5.10 Å². The number of hydrazone groups is 1. The molecule has 1 aliphatic heterocycles. The third-order valence-corrected chi connectivity index (χ3v) is 5.17. The average molecular weight is 525 g/mol. The quantitative estimate of drug-likeness (QED) is 0.293. The van der Waals surface area contributed by atoms with E-state index < -0.39 is 6.68 Å². The monoisotopic (exact) mass is 524 g/mol. The van der Waals surface area contributed by atoms with Crippen molar-refractivity contribution in [1.29, 1.82) is 0 Å². The zero-order valence-electron chi connectivity index (χ0n) is 22.6. The molecule has 2 rings (SSSR count). The summed E-state index contributed by atoms with van der Waals surface area (Å²) in [5.74, 6) is 0.814. The van der Waals surface area contributed by atoms with Crippen molar-refractivity contribution in [1.82, 2.24) is 9.91 Å². The molecule has 0 unspecified atom stereocenters. The lowest BCUT2D eigenvalue weighted by molar-refractivity contribution is -0.132. The summed E-state index contributed by atoms with van der Waals surface area (Å²) in [4.78, 5) is 17.0. The number of benzene rings is 1. The maximum Gasteiger partial charge on any atom is 0.379 e. The molecule has 10 heteroatoms. The van der Waals surface area contributed by atoms with Crippen molar-refractivity contribution < 1.29 is 22.7 Å². The number of amides is 1. The minimum absolute atomic E-state index is 0.139. The van der Waals surface area contributed by atoms with Gasteiger partial charge in [-0.15, -0.1) is 0 Å². The molecule has 6 nitrogen and oxygen atoms in total. The minimum atomic E-state index is -3.67. The van der Waals surface area contributed by atoms with Crippen LogP contribution >= 0.6 is 11.6 Å². The number of rotatable bonds is 7. The van der Waals surface area contributed by atoms with Gasteiger partial charge in [-0.3, -0.25) is 9.80 Å². The Labute approximate surface area is 215 Å². The fourth-order valence-electron chi connectivity index (χ4n) is 3.06. The van der Waals surface area contributed by atoms with Gasteiger partial charge in [-0.2, -0.15) is 18.3 Å². The molecule has 0 aliphatic carbocycles. The Hall–Kier alpha value is -2.16. The standard InChI is InChI=1S/C20H31ClN4O2.2C2H6.CHF3/c1-5-16(3)22-25(6-2)15-20(26)24-11-7-10-23(12-13-24)17-8-9-18(21)19(14-17)27-4;2*1-2;2-1(3)4/h8-9,14H,5-7,10-13,15H2,1-4H3;2*1-2H3;1H/b22-16-;;;. The molecule has 0 aromatic heterocycles. The Kier molecular flexibility index (Phi) is 21.2. The molecule has 1 heterocycles. The smallest absolute Gasteiger partial charge is 0.379 e. The van der Waals surface area contributed by atoms with Crippen molar-refractivity contribution in [2.75, 3.05) is 51.3 Å². The lowest BCUT2D eigenvalue weighted by atomic mass is 10.2. The molecule has 0 N–H and O–H groups in total. The van der Waals surface area contributed by atoms with Crippen LogP contribution in [0.25, 0.3) is 0 Å². The van der Waals surface area contributed by atoms with Crippen molar-refractivity contribution in [2.45, 2.75) is 68.0 Å². The summed E-state index contributed by atoms with van der Waals surface area (Å²) in [7, 11) is 1.62. The first-order valence-electron chi connectivity index (χ1n) is 12.3. The van der Waals surface area contributed by atoms with Crippen molar-refractivity contribution in [3.63, 3.8) is 0 Å². The van der Waals surface area contributed by atoms with Gasteiger partial charge in [0.25, 0.3) is 0 Å². The van der Waals surface area contributed by atoms with Crippen molar-refractivity contribution in [3.05, 3.63) is 23.2 Å². The number of hydrogen-bond acceptors (Lipinski definition) is 5. The molecule has 1 aliphatic rings. The van der Waals surface area contributed by atoms with Crippen LogP contribution in [0.15, 0.2) is 23.3 Å². The number of halogens is 4. The number of hydrogen-bond donors (Lipinski definition) is 0. The maximum absolute atomic E-state index is 12.7. The van der Waals surface area contributed by atoms with Crippen LogP contribution in [-0.4, -0.2) is 74.6 Å². The zero-order chi connectivity index (χ0) is 27.4. The highest BCUT2D eigenvalue weighted by atomic mass is 35.5. The Morgan fingerprint density at radius 2 is 1.71 bits per heavy atom. The first-order valence-corrected chi connectivity index (χ1v) is 12.7. The molecule has 0 radical (unpaired) electrons. The van der Waals surface area contributed by atoms with Crippen molar-refractivity contribution in [3.8, 4) is 5.75 Å². The fraction of sp³-hybridized carbons (Fsp3) is 0.680. The van der Waals surface area contributed by atoms with E-state index in [2.05, 4.69) is 16.9 Å². The molecular weight excluding hydrogens is 481 g/mol. The molecule has 204 valence electrons. The maximum atomic E-state index is 12.7. The Balaban J connectivity index is 0. The summed E-state index contributed by atoms with van der Waals surface area (Å²) < 4.78 is 34.3. The second-order valence-electron chi connectivity index (χ2n) is 6.96. The lowest BCUT2D eigenvalue weighted by Crippen LogP contribution is -2.41. The minimum Gasteiger partial charge on any atom is -0.495 e. The van der Waals surface area contributed by atoms with Gasteiger partial charge in [-0.05, 0) is 38.8 Å². The van der Waals surface area contributed by atoms with Gasteiger partial charge in [-0.1, -0.05) is 46.2 Å². The van der Waals surface area contributed by atoms with E-state index in [9.17, 15) is 18.0 Å². The molecule has 0 spiro atoms. The first-order chi connectivity index (χ1) is 16.7. The molecule has 1 fully saturated rings. The summed E-state index contributed by atoms with van der Waals surface area (Å²) >= 11 is 6.13. The highest BCUT2D eigenvalue weighted by molar-refractivity contribution is 6.32. The second-order valence-corrected chi connectivity index (χ2v) is 7.36. The number of nitrogens with zero attached hydrogens (tertiary/aromatic N) is 4. The normalized spacial score (nSPS) is 13.3. The van der Waals surface area contributed by atoms with Crippen LogP contribution in [0.3, 0.4) is 0 Å². The van der Waals surface area contributed by atoms with Gasteiger partial charge in [0.2, 0.25) is 5.91 Å². The SMILES string of the molecule is CC.CC.CC/C(C)=N\N(CC)CC(=O)N1CCCN(c2ccc(Cl)c(OC)c2)CC1.FC(F)F. The molecule has 0 saturated carbocycles. The van der Waals surface area contributed by atoms with E-state index in [-0.39, 0.29) is 5.91 Å². The molecular formula is C25H44ClF3N4O2. The molecule has 0 bridgehead atoms. The number of ether oxygens (including phenoxy) is 1. The summed E-state index contributed by atoms with van der Waals surface area (Å²) in [5.41, 5.74) is 2.12.